The van der Waals surface area contributed by atoms with E-state index in [9.17, 15) is 13.2 Å². The van der Waals surface area contributed by atoms with Crippen LogP contribution in [0, 0.1) is 6.92 Å². The Bertz CT molecular complexity index is 1360. The number of anilines is 2. The first-order chi connectivity index (χ1) is 14.7. The molecule has 0 bridgehead atoms. The van der Waals surface area contributed by atoms with Crippen molar-refractivity contribution in [1.29, 1.82) is 0 Å². The first-order valence-corrected chi connectivity index (χ1v) is 12.4. The van der Waals surface area contributed by atoms with E-state index in [0.717, 1.165) is 25.8 Å². The summed E-state index contributed by atoms with van der Waals surface area (Å²) in [4.78, 5) is 13.4. The molecule has 0 radical (unpaired) electrons. The van der Waals surface area contributed by atoms with Crippen LogP contribution in [0.4, 0.5) is 11.4 Å². The molecule has 0 aliphatic heterocycles. The van der Waals surface area contributed by atoms with Gasteiger partial charge in [-0.1, -0.05) is 33.6 Å². The molecule has 0 fully saturated rings. The topological polar surface area (TPSA) is 66.5 Å². The number of hydrogen-bond acceptors (Lipinski definition) is 4. The Kier molecular flexibility index (Phi) is 5.88. The number of rotatable bonds is 5. The zero-order valence-corrected chi connectivity index (χ0v) is 20.0. The fourth-order valence-corrected chi connectivity index (χ4v) is 5.46. The largest absolute Gasteiger partial charge is 0.321 e. The van der Waals surface area contributed by atoms with Gasteiger partial charge in [-0.15, -0.1) is 11.3 Å². The van der Waals surface area contributed by atoms with Crippen LogP contribution in [0.3, 0.4) is 0 Å². The summed E-state index contributed by atoms with van der Waals surface area (Å²) in [6.07, 6.45) is 0. The first-order valence-electron chi connectivity index (χ1n) is 9.40. The van der Waals surface area contributed by atoms with Gasteiger partial charge in [-0.3, -0.25) is 9.10 Å². The molecule has 0 aliphatic rings. The van der Waals surface area contributed by atoms with Crippen LogP contribution in [-0.2, 0) is 10.0 Å². The fourth-order valence-electron chi connectivity index (χ4n) is 3.07. The summed E-state index contributed by atoms with van der Waals surface area (Å²) in [6, 6.07) is 21.3. The lowest BCUT2D eigenvalue weighted by Gasteiger charge is -2.19. The van der Waals surface area contributed by atoms with Crippen molar-refractivity contribution in [2.24, 2.45) is 0 Å². The second kappa shape index (κ2) is 8.45. The summed E-state index contributed by atoms with van der Waals surface area (Å²) in [5.41, 5.74) is 2.38. The predicted octanol–water partition coefficient (Wildman–Crippen LogP) is 6.05. The highest BCUT2D eigenvalue weighted by atomic mass is 79.9. The van der Waals surface area contributed by atoms with Gasteiger partial charge in [0.15, 0.2) is 0 Å². The van der Waals surface area contributed by atoms with Gasteiger partial charge < -0.3 is 5.32 Å². The molecule has 0 saturated carbocycles. The van der Waals surface area contributed by atoms with E-state index in [1.165, 1.54) is 22.7 Å². The average molecular weight is 515 g/mol. The molecule has 0 unspecified atom stereocenters. The molecule has 1 amide bonds. The number of hydrogen-bond donors (Lipinski definition) is 1. The van der Waals surface area contributed by atoms with Crippen molar-refractivity contribution in [2.45, 2.75) is 11.8 Å². The van der Waals surface area contributed by atoms with Gasteiger partial charge in [-0.25, -0.2) is 8.42 Å². The summed E-state index contributed by atoms with van der Waals surface area (Å²) >= 11 is 4.69. The number of sulfonamides is 1. The second-order valence-electron chi connectivity index (χ2n) is 7.08. The smallest absolute Gasteiger partial charge is 0.265 e. The number of thiophene rings is 1. The quantitative estimate of drug-likeness (QED) is 0.352. The minimum Gasteiger partial charge on any atom is -0.321 e. The normalized spacial score (nSPS) is 11.5. The Labute approximate surface area is 193 Å². The highest BCUT2D eigenvalue weighted by Gasteiger charge is 2.22. The van der Waals surface area contributed by atoms with Crippen LogP contribution in [0.2, 0.25) is 0 Å². The fraction of sp³-hybridized carbons (Fsp3) is 0.0870. The number of nitrogens with zero attached hydrogens (tertiary/aromatic N) is 1. The highest BCUT2D eigenvalue weighted by Crippen LogP contribution is 2.31. The zero-order valence-electron chi connectivity index (χ0n) is 16.8. The Hall–Kier alpha value is -2.68. The second-order valence-corrected chi connectivity index (χ2v) is 11.0. The number of aryl methyl sites for hydroxylation is 1. The van der Waals surface area contributed by atoms with Crippen LogP contribution in [0.5, 0.6) is 0 Å². The molecule has 31 heavy (non-hydrogen) atoms. The standard InChI is InChI=1S/C23H19BrN2O3S2/c1-15-3-7-18(8-4-15)25-23(27)22-14-16-13-19(9-12-21(16)30-22)26(2)31(28,29)20-10-5-17(24)6-11-20/h3-14H,1-2H3,(H,25,27). The van der Waals surface area contributed by atoms with E-state index in [1.807, 2.05) is 37.3 Å². The van der Waals surface area contributed by atoms with Crippen LogP contribution in [-0.4, -0.2) is 21.4 Å². The van der Waals surface area contributed by atoms with Crippen LogP contribution >= 0.6 is 27.3 Å². The number of amides is 1. The van der Waals surface area contributed by atoms with Gasteiger partial charge in [0.1, 0.15) is 0 Å². The van der Waals surface area contributed by atoms with Gasteiger partial charge in [0.25, 0.3) is 15.9 Å². The van der Waals surface area contributed by atoms with Crippen molar-refractivity contribution in [2.75, 3.05) is 16.7 Å². The van der Waals surface area contributed by atoms with Crippen LogP contribution in [0.25, 0.3) is 10.1 Å². The molecule has 5 nitrogen and oxygen atoms in total. The third-order valence-electron chi connectivity index (χ3n) is 4.87. The molecule has 0 aliphatic carbocycles. The molecule has 1 heterocycles. The Morgan fingerprint density at radius 3 is 2.32 bits per heavy atom. The van der Waals surface area contributed by atoms with Crippen molar-refractivity contribution in [3.8, 4) is 0 Å². The molecule has 0 saturated heterocycles. The van der Waals surface area contributed by atoms with Gasteiger partial charge >= 0.3 is 0 Å². The number of halogens is 1. The summed E-state index contributed by atoms with van der Waals surface area (Å²) in [7, 11) is -2.17. The molecular weight excluding hydrogens is 496 g/mol. The molecule has 0 spiro atoms. The lowest BCUT2D eigenvalue weighted by atomic mass is 10.2. The van der Waals surface area contributed by atoms with Gasteiger partial charge in [-0.05, 0) is 73.0 Å². The summed E-state index contributed by atoms with van der Waals surface area (Å²) < 4.78 is 28.9. The van der Waals surface area contributed by atoms with Crippen LogP contribution in [0.15, 0.2) is 82.2 Å². The Morgan fingerprint density at radius 2 is 1.65 bits per heavy atom. The van der Waals surface area contributed by atoms with E-state index >= 15 is 0 Å². The van der Waals surface area contributed by atoms with E-state index in [-0.39, 0.29) is 10.8 Å². The lowest BCUT2D eigenvalue weighted by molar-refractivity contribution is 0.103. The van der Waals surface area contributed by atoms with Gasteiger partial charge in [0.2, 0.25) is 0 Å². The van der Waals surface area contributed by atoms with Gasteiger partial charge in [0.05, 0.1) is 15.5 Å². The maximum atomic E-state index is 13.0. The third kappa shape index (κ3) is 4.51. The maximum Gasteiger partial charge on any atom is 0.265 e. The van der Waals surface area contributed by atoms with E-state index in [1.54, 1.807) is 42.5 Å². The third-order valence-corrected chi connectivity index (χ3v) is 8.31. The predicted molar refractivity (Wildman–Crippen MR) is 131 cm³/mol. The van der Waals surface area contributed by atoms with Gasteiger partial charge in [-0.2, -0.15) is 0 Å². The Balaban J connectivity index is 1.60. The molecule has 3 aromatic carbocycles. The minimum atomic E-state index is -3.69. The van der Waals surface area contributed by atoms with E-state index in [2.05, 4.69) is 21.2 Å². The van der Waals surface area contributed by atoms with E-state index in [4.69, 9.17) is 0 Å². The molecule has 8 heteroatoms. The van der Waals surface area contributed by atoms with Crippen LogP contribution in [0.1, 0.15) is 15.2 Å². The minimum absolute atomic E-state index is 0.192. The van der Waals surface area contributed by atoms with Crippen molar-refractivity contribution in [1.82, 2.24) is 0 Å². The summed E-state index contributed by atoms with van der Waals surface area (Å²) in [5.74, 6) is -0.192. The molecule has 4 aromatic rings. The first kappa shape index (κ1) is 21.5. The van der Waals surface area contributed by atoms with E-state index < -0.39 is 10.0 Å². The monoisotopic (exact) mass is 514 g/mol. The van der Waals surface area contributed by atoms with Crippen molar-refractivity contribution in [3.63, 3.8) is 0 Å². The molecule has 4 rings (SSSR count). The average Bonchev–Trinajstić information content (AvgIpc) is 3.18. The van der Waals surface area contributed by atoms with Gasteiger partial charge in [0, 0.05) is 21.9 Å². The molecular formula is C23H19BrN2O3S2. The SMILES string of the molecule is Cc1ccc(NC(=O)c2cc3cc(N(C)S(=O)(=O)c4ccc(Br)cc4)ccc3s2)cc1. The van der Waals surface area contributed by atoms with Crippen molar-refractivity contribution < 1.29 is 13.2 Å². The molecule has 1 N–H and O–H groups in total. The summed E-state index contributed by atoms with van der Waals surface area (Å²) in [6.45, 7) is 1.99. The number of carbonyl (C=O) groups excluding carboxylic acids is 1. The zero-order chi connectivity index (χ0) is 22.2. The van der Waals surface area contributed by atoms with E-state index in [0.29, 0.717) is 10.6 Å². The number of benzene rings is 3. The Morgan fingerprint density at radius 1 is 0.968 bits per heavy atom. The highest BCUT2D eigenvalue weighted by molar-refractivity contribution is 9.10. The van der Waals surface area contributed by atoms with Crippen LogP contribution < -0.4 is 9.62 Å². The number of carbonyl (C=O) groups is 1. The lowest BCUT2D eigenvalue weighted by Crippen LogP contribution is -2.26. The van der Waals surface area contributed by atoms with Crippen molar-refractivity contribution >= 4 is 64.7 Å². The number of fused-ring (bicyclic) bond motifs is 1. The number of nitrogens with one attached hydrogen (secondary N) is 1. The molecule has 0 atom stereocenters. The molecule has 158 valence electrons. The summed E-state index contributed by atoms with van der Waals surface area (Å²) in [5, 5.41) is 3.71. The molecule has 1 aromatic heterocycles. The van der Waals surface area contributed by atoms with Crippen molar-refractivity contribution in [3.05, 3.63) is 87.7 Å². The maximum absolute atomic E-state index is 13.0.